The van der Waals surface area contributed by atoms with Gasteiger partial charge < -0.3 is 12.7 Å². The Bertz CT molecular complexity index is 270. The quantitative estimate of drug-likeness (QED) is 0.728. The zero-order chi connectivity index (χ0) is 14.2. The van der Waals surface area contributed by atoms with Crippen molar-refractivity contribution in [3.8, 4) is 0 Å². The molecule has 1 fully saturated rings. The van der Waals surface area contributed by atoms with E-state index in [9.17, 15) is 0 Å². The molecule has 0 atom stereocenters. The van der Waals surface area contributed by atoms with Crippen LogP contribution in [0, 0.1) is 0 Å². The molecule has 0 saturated carbocycles. The Balaban J connectivity index is 2.94. The van der Waals surface area contributed by atoms with Crippen molar-refractivity contribution in [2.75, 3.05) is 0 Å². The van der Waals surface area contributed by atoms with Gasteiger partial charge in [0.2, 0.25) is 0 Å². The van der Waals surface area contributed by atoms with Crippen LogP contribution >= 0.6 is 0 Å². The predicted molar refractivity (Wildman–Crippen MR) is 83.8 cm³/mol. The molecule has 0 bridgehead atoms. The molecule has 0 aromatic carbocycles. The van der Waals surface area contributed by atoms with Crippen LogP contribution in [0.25, 0.3) is 0 Å². The Kier molecular flexibility index (Phi) is 4.74. The highest BCUT2D eigenvalue weighted by Gasteiger charge is 2.52. The second kappa shape index (κ2) is 5.14. The van der Waals surface area contributed by atoms with Gasteiger partial charge in [0.05, 0.1) is 5.60 Å². The maximum atomic E-state index is 6.45. The lowest BCUT2D eigenvalue weighted by atomic mass is 10.0. The van der Waals surface area contributed by atoms with Gasteiger partial charge in [-0.25, -0.2) is 0 Å². The van der Waals surface area contributed by atoms with Crippen molar-refractivity contribution in [2.45, 2.75) is 77.6 Å². The van der Waals surface area contributed by atoms with E-state index in [1.807, 2.05) is 0 Å². The third-order valence-electron chi connectivity index (χ3n) is 2.62. The van der Waals surface area contributed by atoms with E-state index in [-0.39, 0.29) is 5.60 Å². The lowest BCUT2D eigenvalue weighted by Gasteiger charge is -2.47. The fourth-order valence-electron chi connectivity index (χ4n) is 2.35. The van der Waals surface area contributed by atoms with E-state index in [0.717, 1.165) is 18.9 Å². The smallest absolute Gasteiger partial charge is 0.416 e. The van der Waals surface area contributed by atoms with Gasteiger partial charge in [0.1, 0.15) is 0 Å². The van der Waals surface area contributed by atoms with Gasteiger partial charge in [-0.1, -0.05) is 0 Å². The molecule has 1 aliphatic heterocycles. The van der Waals surface area contributed by atoms with Crippen LogP contribution < -0.4 is 0 Å². The summed E-state index contributed by atoms with van der Waals surface area (Å²) in [6.07, 6.45) is 2.26. The zero-order valence-corrected chi connectivity index (χ0v) is 16.3. The molecule has 3 nitrogen and oxygen atoms in total. The van der Waals surface area contributed by atoms with Gasteiger partial charge in [-0.2, -0.15) is 0 Å². The fraction of sp³-hybridized carbons (Fsp3) is 1.00. The summed E-state index contributed by atoms with van der Waals surface area (Å²) in [5.41, 5.74) is -0.0935. The third kappa shape index (κ3) is 5.66. The molecule has 0 aromatic heterocycles. The minimum Gasteiger partial charge on any atom is -0.416 e. The molecule has 0 radical (unpaired) electrons. The Morgan fingerprint density at radius 1 is 0.944 bits per heavy atom. The van der Waals surface area contributed by atoms with E-state index in [2.05, 4.69) is 53.1 Å². The van der Waals surface area contributed by atoms with Gasteiger partial charge >= 0.3 is 8.80 Å². The summed E-state index contributed by atoms with van der Waals surface area (Å²) >= 11 is 0. The molecule has 0 N–H and O–H groups in total. The van der Waals surface area contributed by atoms with Gasteiger partial charge in [0, 0.05) is 6.04 Å². The van der Waals surface area contributed by atoms with Crippen molar-refractivity contribution in [3.05, 3.63) is 0 Å². The summed E-state index contributed by atoms with van der Waals surface area (Å²) in [5, 5.41) is 0. The number of rotatable bonds is 4. The van der Waals surface area contributed by atoms with Gasteiger partial charge in [-0.3, -0.25) is 0 Å². The van der Waals surface area contributed by atoms with Gasteiger partial charge in [0.15, 0.2) is 16.6 Å². The van der Waals surface area contributed by atoms with E-state index in [4.69, 9.17) is 12.7 Å². The molecule has 0 spiro atoms. The highest BCUT2D eigenvalue weighted by molar-refractivity contribution is 6.85. The van der Waals surface area contributed by atoms with Crippen LogP contribution in [0.2, 0.25) is 45.3 Å². The summed E-state index contributed by atoms with van der Waals surface area (Å²) in [7, 11) is -5.76. The number of hydrogen-bond acceptors (Lipinski definition) is 3. The Hall–Kier alpha value is 0.531. The molecule has 18 heavy (non-hydrogen) atoms. The van der Waals surface area contributed by atoms with Crippen molar-refractivity contribution in [1.29, 1.82) is 0 Å². The zero-order valence-electron chi connectivity index (χ0n) is 13.3. The average Bonchev–Trinajstić information content (AvgIpc) is 1.91. The second-order valence-electron chi connectivity index (χ2n) is 7.83. The van der Waals surface area contributed by atoms with Crippen LogP contribution in [-0.2, 0) is 12.7 Å². The van der Waals surface area contributed by atoms with Crippen molar-refractivity contribution >= 4 is 25.4 Å². The van der Waals surface area contributed by atoms with Crippen LogP contribution in [0.5, 0.6) is 0 Å². The lowest BCUT2D eigenvalue weighted by molar-refractivity contribution is 0.00887. The minimum atomic E-state index is -2.47. The molecule has 1 saturated heterocycles. The molecule has 1 heterocycles. The van der Waals surface area contributed by atoms with E-state index in [1.54, 1.807) is 0 Å². The molecule has 6 heteroatoms. The monoisotopic (exact) mass is 306 g/mol. The Labute approximate surface area is 116 Å². The molecular formula is C12H30O3Si3. The molecule has 0 aromatic rings. The standard InChI is InChI=1S/C12H30O3Si3/c1-12(2)10-9-11-18(13-12,14-16(3,4)5)15-17(6,7)8/h9-11H2,1-8H3. The molecule has 1 aliphatic rings. The minimum absolute atomic E-state index is 0.0935. The number of hydrogen-bond donors (Lipinski definition) is 0. The predicted octanol–water partition coefficient (Wildman–Crippen LogP) is 4.22. The first-order valence-corrected chi connectivity index (χ1v) is 15.7. The van der Waals surface area contributed by atoms with Gasteiger partial charge in [-0.15, -0.1) is 0 Å². The summed E-state index contributed by atoms with van der Waals surface area (Å²) in [4.78, 5) is 0. The average molecular weight is 307 g/mol. The van der Waals surface area contributed by atoms with E-state index < -0.39 is 25.4 Å². The Morgan fingerprint density at radius 3 is 1.72 bits per heavy atom. The first kappa shape index (κ1) is 16.6. The maximum absolute atomic E-state index is 6.45. The molecule has 0 amide bonds. The molecule has 108 valence electrons. The van der Waals surface area contributed by atoms with Crippen LogP contribution in [0.1, 0.15) is 26.7 Å². The van der Waals surface area contributed by atoms with Gasteiger partial charge in [0.25, 0.3) is 0 Å². The largest absolute Gasteiger partial charge is 0.480 e. The first-order chi connectivity index (χ1) is 7.83. The lowest BCUT2D eigenvalue weighted by Crippen LogP contribution is -2.61. The SMILES string of the molecule is CC1(C)CCC[Si](O[Si](C)(C)C)(O[Si](C)(C)C)O1. The highest BCUT2D eigenvalue weighted by Crippen LogP contribution is 2.37. The van der Waals surface area contributed by atoms with E-state index >= 15 is 0 Å². The van der Waals surface area contributed by atoms with E-state index in [0.29, 0.717) is 0 Å². The topological polar surface area (TPSA) is 27.7 Å². The molecule has 1 rings (SSSR count). The van der Waals surface area contributed by atoms with Crippen molar-refractivity contribution in [2.24, 2.45) is 0 Å². The van der Waals surface area contributed by atoms with Crippen molar-refractivity contribution in [1.82, 2.24) is 0 Å². The summed E-state index contributed by atoms with van der Waals surface area (Å²) in [5.74, 6) is 0. The van der Waals surface area contributed by atoms with Crippen LogP contribution in [0.4, 0.5) is 0 Å². The Morgan fingerprint density at radius 2 is 1.39 bits per heavy atom. The fourth-order valence-corrected chi connectivity index (χ4v) is 13.2. The molecule has 0 unspecified atom stereocenters. The molecular weight excluding hydrogens is 276 g/mol. The first-order valence-electron chi connectivity index (χ1n) is 6.93. The summed E-state index contributed by atoms with van der Waals surface area (Å²) in [6.45, 7) is 17.7. The maximum Gasteiger partial charge on any atom is 0.480 e. The highest BCUT2D eigenvalue weighted by atomic mass is 28.5. The van der Waals surface area contributed by atoms with Crippen LogP contribution in [-0.4, -0.2) is 31.0 Å². The second-order valence-corrected chi connectivity index (χ2v) is 20.0. The van der Waals surface area contributed by atoms with E-state index in [1.165, 1.54) is 0 Å². The van der Waals surface area contributed by atoms with Crippen molar-refractivity contribution in [3.63, 3.8) is 0 Å². The normalized spacial score (nSPS) is 24.0. The van der Waals surface area contributed by atoms with Crippen LogP contribution in [0.15, 0.2) is 0 Å². The van der Waals surface area contributed by atoms with Crippen LogP contribution in [0.3, 0.4) is 0 Å². The molecule has 0 aliphatic carbocycles. The summed E-state index contributed by atoms with van der Waals surface area (Å²) in [6, 6.07) is 0.991. The van der Waals surface area contributed by atoms with Gasteiger partial charge in [-0.05, 0) is 66.0 Å². The van der Waals surface area contributed by atoms with Crippen molar-refractivity contribution < 1.29 is 12.7 Å². The summed E-state index contributed by atoms with van der Waals surface area (Å²) < 4.78 is 19.3. The third-order valence-corrected chi connectivity index (χ3v) is 11.8.